The van der Waals surface area contributed by atoms with Gasteiger partial charge in [-0.1, -0.05) is 23.5 Å². The molecule has 2 N–H and O–H groups in total. The van der Waals surface area contributed by atoms with Crippen LogP contribution in [0.5, 0.6) is 5.75 Å². The summed E-state index contributed by atoms with van der Waals surface area (Å²) in [7, 11) is 0. The quantitative estimate of drug-likeness (QED) is 0.645. The number of hydrazone groups is 1. The van der Waals surface area contributed by atoms with E-state index in [9.17, 15) is 9.90 Å². The number of morpholine rings is 1. The van der Waals surface area contributed by atoms with E-state index in [1.165, 1.54) is 23.5 Å². The summed E-state index contributed by atoms with van der Waals surface area (Å²) in [6.45, 7) is 5.71. The van der Waals surface area contributed by atoms with E-state index in [1.54, 1.807) is 24.5 Å². The zero-order chi connectivity index (χ0) is 17.8. The fourth-order valence-electron chi connectivity index (χ4n) is 2.70. The van der Waals surface area contributed by atoms with Crippen LogP contribution in [0.1, 0.15) is 29.1 Å². The molecule has 2 atom stereocenters. The van der Waals surface area contributed by atoms with Gasteiger partial charge in [0.15, 0.2) is 5.13 Å². The Kier molecular flexibility index (Phi) is 5.30. The first-order valence-electron chi connectivity index (χ1n) is 8.00. The minimum atomic E-state index is -0.463. The first-order chi connectivity index (χ1) is 12.0. The number of anilines is 1. The van der Waals surface area contributed by atoms with Gasteiger partial charge in [-0.2, -0.15) is 5.10 Å². The van der Waals surface area contributed by atoms with Crippen LogP contribution < -0.4 is 10.3 Å². The highest BCUT2D eigenvalue weighted by Crippen LogP contribution is 2.25. The Morgan fingerprint density at radius 1 is 1.40 bits per heavy atom. The van der Waals surface area contributed by atoms with Crippen molar-refractivity contribution in [2.75, 3.05) is 18.0 Å². The Morgan fingerprint density at radius 3 is 2.84 bits per heavy atom. The summed E-state index contributed by atoms with van der Waals surface area (Å²) >= 11 is 1.50. The van der Waals surface area contributed by atoms with Crippen LogP contribution in [0.3, 0.4) is 0 Å². The van der Waals surface area contributed by atoms with Crippen molar-refractivity contribution in [3.05, 3.63) is 40.9 Å². The molecule has 2 unspecified atom stereocenters. The van der Waals surface area contributed by atoms with Crippen LogP contribution in [0.25, 0.3) is 0 Å². The predicted molar refractivity (Wildman–Crippen MR) is 97.5 cm³/mol. The molecule has 132 valence electrons. The average Bonchev–Trinajstić information content (AvgIpc) is 3.03. The molecular weight excluding hydrogens is 340 g/mol. The van der Waals surface area contributed by atoms with Crippen molar-refractivity contribution < 1.29 is 14.6 Å². The van der Waals surface area contributed by atoms with Crippen LogP contribution in [-0.4, -0.2) is 47.5 Å². The fraction of sp³-hybridized carbons (Fsp3) is 0.353. The molecule has 1 fully saturated rings. The molecule has 3 rings (SSSR count). The molecule has 1 aliphatic rings. The van der Waals surface area contributed by atoms with Gasteiger partial charge in [0.2, 0.25) is 0 Å². The second-order valence-corrected chi connectivity index (χ2v) is 6.96. The number of benzene rings is 1. The maximum absolute atomic E-state index is 12.0. The number of aromatic nitrogens is 1. The molecule has 0 aliphatic carbocycles. The second kappa shape index (κ2) is 7.62. The Balaban J connectivity index is 1.60. The van der Waals surface area contributed by atoms with E-state index in [0.29, 0.717) is 0 Å². The van der Waals surface area contributed by atoms with Crippen molar-refractivity contribution in [1.29, 1.82) is 0 Å². The number of nitrogens with zero attached hydrogens (tertiary/aromatic N) is 3. The van der Waals surface area contributed by atoms with Crippen molar-refractivity contribution in [3.8, 4) is 5.75 Å². The van der Waals surface area contributed by atoms with E-state index in [2.05, 4.69) is 20.4 Å². The van der Waals surface area contributed by atoms with Crippen LogP contribution >= 0.6 is 11.3 Å². The molecule has 1 saturated heterocycles. The lowest BCUT2D eigenvalue weighted by molar-refractivity contribution is -0.00522. The van der Waals surface area contributed by atoms with Gasteiger partial charge in [0, 0.05) is 19.3 Å². The van der Waals surface area contributed by atoms with Crippen LogP contribution in [0.15, 0.2) is 35.6 Å². The molecule has 2 aromatic rings. The topological polar surface area (TPSA) is 87.1 Å². The first kappa shape index (κ1) is 17.4. The monoisotopic (exact) mass is 360 g/mol. The van der Waals surface area contributed by atoms with Gasteiger partial charge in [-0.15, -0.1) is 0 Å². The summed E-state index contributed by atoms with van der Waals surface area (Å²) < 4.78 is 5.73. The summed E-state index contributed by atoms with van der Waals surface area (Å²) in [6.07, 6.45) is 3.61. The van der Waals surface area contributed by atoms with Crippen molar-refractivity contribution in [2.45, 2.75) is 26.1 Å². The third kappa shape index (κ3) is 4.34. The molecule has 8 heteroatoms. The van der Waals surface area contributed by atoms with E-state index in [0.717, 1.165) is 23.1 Å². The smallest absolute Gasteiger partial charge is 0.275 e. The Labute approximate surface area is 150 Å². The van der Waals surface area contributed by atoms with E-state index in [-0.39, 0.29) is 23.5 Å². The van der Waals surface area contributed by atoms with Gasteiger partial charge in [0.25, 0.3) is 5.91 Å². The van der Waals surface area contributed by atoms with Gasteiger partial charge in [0.1, 0.15) is 5.75 Å². The summed E-state index contributed by atoms with van der Waals surface area (Å²) in [5.74, 6) is -0.541. The van der Waals surface area contributed by atoms with Gasteiger partial charge in [-0.3, -0.25) is 4.79 Å². The maximum atomic E-state index is 12.0. The number of hydrogen-bond donors (Lipinski definition) is 2. The van der Waals surface area contributed by atoms with E-state index in [4.69, 9.17) is 4.74 Å². The number of amides is 1. The SMILES string of the molecule is CC1CN(c2ncc(/C=N/NC(=O)c3ccccc3O)s2)CC(C)O1. The number of phenols is 1. The summed E-state index contributed by atoms with van der Waals surface area (Å²) in [5.41, 5.74) is 2.59. The third-order valence-electron chi connectivity index (χ3n) is 3.71. The van der Waals surface area contributed by atoms with E-state index in [1.807, 2.05) is 13.8 Å². The van der Waals surface area contributed by atoms with Crippen molar-refractivity contribution >= 4 is 28.6 Å². The van der Waals surface area contributed by atoms with E-state index < -0.39 is 5.91 Å². The van der Waals surface area contributed by atoms with Crippen molar-refractivity contribution in [2.24, 2.45) is 5.10 Å². The molecule has 0 bridgehead atoms. The number of rotatable bonds is 4. The Hall–Kier alpha value is -2.45. The van der Waals surface area contributed by atoms with Crippen LogP contribution in [-0.2, 0) is 4.74 Å². The molecule has 25 heavy (non-hydrogen) atoms. The normalized spacial score (nSPS) is 20.8. The highest BCUT2D eigenvalue weighted by molar-refractivity contribution is 7.17. The Bertz CT molecular complexity index is 767. The number of ether oxygens (including phenoxy) is 1. The van der Waals surface area contributed by atoms with Gasteiger partial charge in [-0.25, -0.2) is 10.4 Å². The van der Waals surface area contributed by atoms with Crippen molar-refractivity contribution in [3.63, 3.8) is 0 Å². The molecule has 1 amide bonds. The van der Waals surface area contributed by atoms with Gasteiger partial charge < -0.3 is 14.7 Å². The highest BCUT2D eigenvalue weighted by Gasteiger charge is 2.24. The first-order valence-corrected chi connectivity index (χ1v) is 8.82. The molecule has 0 saturated carbocycles. The fourth-order valence-corrected chi connectivity index (χ4v) is 3.50. The Morgan fingerprint density at radius 2 is 2.12 bits per heavy atom. The number of para-hydroxylation sites is 1. The van der Waals surface area contributed by atoms with Crippen LogP contribution in [0.2, 0.25) is 0 Å². The molecule has 2 heterocycles. The largest absolute Gasteiger partial charge is 0.507 e. The summed E-state index contributed by atoms with van der Waals surface area (Å²) in [4.78, 5) is 19.4. The maximum Gasteiger partial charge on any atom is 0.275 e. The zero-order valence-corrected chi connectivity index (χ0v) is 14.9. The summed E-state index contributed by atoms with van der Waals surface area (Å²) in [6, 6.07) is 6.32. The number of nitrogens with one attached hydrogen (secondary N) is 1. The lowest BCUT2D eigenvalue weighted by Crippen LogP contribution is -2.45. The standard InChI is InChI=1S/C17H20N4O3S/c1-11-9-21(10-12(2)24-11)17-18-7-13(25-17)8-19-20-16(23)14-5-3-4-6-15(14)22/h3-8,11-12,22H,9-10H2,1-2H3,(H,20,23)/b19-8+. The van der Waals surface area contributed by atoms with Gasteiger partial charge in [0.05, 0.1) is 28.9 Å². The number of hydrogen-bond acceptors (Lipinski definition) is 7. The number of carbonyl (C=O) groups is 1. The number of phenolic OH excluding ortho intramolecular Hbond substituents is 1. The highest BCUT2D eigenvalue weighted by atomic mass is 32.1. The number of thiazole rings is 1. The van der Waals surface area contributed by atoms with Crippen molar-refractivity contribution in [1.82, 2.24) is 10.4 Å². The van der Waals surface area contributed by atoms with Gasteiger partial charge in [-0.05, 0) is 26.0 Å². The van der Waals surface area contributed by atoms with E-state index >= 15 is 0 Å². The lowest BCUT2D eigenvalue weighted by Gasteiger charge is -2.35. The lowest BCUT2D eigenvalue weighted by atomic mass is 10.2. The minimum Gasteiger partial charge on any atom is -0.507 e. The van der Waals surface area contributed by atoms with Gasteiger partial charge >= 0.3 is 0 Å². The minimum absolute atomic E-state index is 0.0779. The molecule has 1 aromatic heterocycles. The second-order valence-electron chi connectivity index (χ2n) is 5.92. The predicted octanol–water partition coefficient (Wildman–Crippen LogP) is 2.23. The van der Waals surface area contributed by atoms with Crippen LogP contribution in [0.4, 0.5) is 5.13 Å². The molecule has 1 aromatic carbocycles. The summed E-state index contributed by atoms with van der Waals surface area (Å²) in [5, 5.41) is 14.5. The average molecular weight is 360 g/mol. The zero-order valence-electron chi connectivity index (χ0n) is 14.0. The number of carbonyl (C=O) groups excluding carboxylic acids is 1. The molecule has 0 spiro atoms. The molecule has 7 nitrogen and oxygen atoms in total. The van der Waals surface area contributed by atoms with Crippen LogP contribution in [0, 0.1) is 0 Å². The molecule has 1 aliphatic heterocycles. The molecular formula is C17H20N4O3S. The number of aromatic hydroxyl groups is 1. The molecule has 0 radical (unpaired) electrons. The third-order valence-corrected chi connectivity index (χ3v) is 4.70.